The van der Waals surface area contributed by atoms with Crippen LogP contribution in [0.15, 0.2) is 53.4 Å². The zero-order valence-corrected chi connectivity index (χ0v) is 23.7. The van der Waals surface area contributed by atoms with E-state index < -0.39 is 27.7 Å². The van der Waals surface area contributed by atoms with Crippen molar-refractivity contribution < 1.29 is 27.9 Å². The van der Waals surface area contributed by atoms with Crippen LogP contribution in [0.3, 0.4) is 0 Å². The molecule has 0 radical (unpaired) electrons. The molecule has 0 spiro atoms. The summed E-state index contributed by atoms with van der Waals surface area (Å²) in [6.45, 7) is 11.1. The topological polar surface area (TPSA) is 148 Å². The van der Waals surface area contributed by atoms with E-state index in [1.165, 1.54) is 18.2 Å². The van der Waals surface area contributed by atoms with Crippen molar-refractivity contribution >= 4 is 28.0 Å². The molecule has 2 aromatic carbocycles. The molecule has 0 aliphatic heterocycles. The number of rotatable bonds is 9. The Labute approximate surface area is 228 Å². The van der Waals surface area contributed by atoms with Gasteiger partial charge in [-0.3, -0.25) is 0 Å². The zero-order chi connectivity index (χ0) is 29.0. The van der Waals surface area contributed by atoms with Crippen molar-refractivity contribution in [2.24, 2.45) is 0 Å². The first kappa shape index (κ1) is 29.6. The number of hydrogen-bond acceptors (Lipinski definition) is 7. The van der Waals surface area contributed by atoms with Crippen LogP contribution in [0, 0.1) is 13.8 Å². The summed E-state index contributed by atoms with van der Waals surface area (Å²) in [5.41, 5.74) is 3.11. The number of aromatic carboxylic acids is 1. The second-order valence-corrected chi connectivity index (χ2v) is 12.0. The SMILES string of the molecule is Cc1cccc(C)c1-c1cc(CCC(C)NC(=O)OC(C)(C)C)nc(NS(=O)(=O)c2cccc(C(=O)O)c2)n1. The van der Waals surface area contributed by atoms with E-state index in [-0.39, 0.29) is 22.4 Å². The Morgan fingerprint density at radius 1 is 1.03 bits per heavy atom. The van der Waals surface area contributed by atoms with Gasteiger partial charge in [-0.25, -0.2) is 32.7 Å². The first-order valence-electron chi connectivity index (χ1n) is 12.4. The van der Waals surface area contributed by atoms with E-state index in [0.717, 1.165) is 22.8 Å². The number of hydrogen-bond donors (Lipinski definition) is 3. The Hall–Kier alpha value is -3.99. The predicted molar refractivity (Wildman–Crippen MR) is 148 cm³/mol. The normalized spacial score (nSPS) is 12.5. The molecular weight excluding hydrogens is 520 g/mol. The van der Waals surface area contributed by atoms with Gasteiger partial charge in [-0.2, -0.15) is 0 Å². The molecule has 0 saturated carbocycles. The van der Waals surface area contributed by atoms with E-state index in [4.69, 9.17) is 4.74 Å². The number of amides is 1. The minimum Gasteiger partial charge on any atom is -0.478 e. The van der Waals surface area contributed by atoms with Crippen LogP contribution in [-0.4, -0.2) is 47.2 Å². The Bertz CT molecular complexity index is 1460. The van der Waals surface area contributed by atoms with Gasteiger partial charge in [0.15, 0.2) is 0 Å². The fraction of sp³-hybridized carbons (Fsp3) is 0.357. The number of nitrogens with one attached hydrogen (secondary N) is 2. The number of carbonyl (C=O) groups is 2. The monoisotopic (exact) mass is 554 g/mol. The lowest BCUT2D eigenvalue weighted by molar-refractivity contribution is 0.0505. The van der Waals surface area contributed by atoms with Gasteiger partial charge in [0, 0.05) is 17.3 Å². The highest BCUT2D eigenvalue weighted by Crippen LogP contribution is 2.28. The molecule has 1 heterocycles. The third-order valence-corrected chi connectivity index (χ3v) is 7.06. The molecule has 1 unspecified atom stereocenters. The molecule has 3 aromatic rings. The summed E-state index contributed by atoms with van der Waals surface area (Å²) in [7, 11) is -4.18. The maximum atomic E-state index is 13.1. The van der Waals surface area contributed by atoms with Crippen molar-refractivity contribution in [3.8, 4) is 11.3 Å². The quantitative estimate of drug-likeness (QED) is 0.331. The molecule has 10 nitrogen and oxygen atoms in total. The Kier molecular flexibility index (Phi) is 8.96. The number of carbonyl (C=O) groups excluding carboxylic acids is 1. The Morgan fingerprint density at radius 3 is 2.28 bits per heavy atom. The average Bonchev–Trinajstić information content (AvgIpc) is 2.81. The molecule has 3 N–H and O–H groups in total. The van der Waals surface area contributed by atoms with Gasteiger partial charge >= 0.3 is 12.1 Å². The number of carboxylic acid groups (broad SMARTS) is 1. The third-order valence-electron chi connectivity index (χ3n) is 5.73. The number of nitrogens with zero attached hydrogens (tertiary/aromatic N) is 2. The van der Waals surface area contributed by atoms with Gasteiger partial charge in [-0.15, -0.1) is 0 Å². The van der Waals surface area contributed by atoms with Crippen molar-refractivity contribution in [1.29, 1.82) is 0 Å². The van der Waals surface area contributed by atoms with Crippen LogP contribution in [-0.2, 0) is 21.2 Å². The number of benzene rings is 2. The van der Waals surface area contributed by atoms with Crippen LogP contribution in [0.1, 0.15) is 61.3 Å². The minimum atomic E-state index is -4.18. The van der Waals surface area contributed by atoms with Crippen LogP contribution >= 0.6 is 0 Å². The van der Waals surface area contributed by atoms with Crippen molar-refractivity contribution in [3.05, 3.63) is 70.9 Å². The fourth-order valence-corrected chi connectivity index (χ4v) is 4.93. The van der Waals surface area contributed by atoms with Gasteiger partial charge in [0.25, 0.3) is 10.0 Å². The van der Waals surface area contributed by atoms with Gasteiger partial charge in [0.1, 0.15) is 5.60 Å². The van der Waals surface area contributed by atoms with Gasteiger partial charge in [0.2, 0.25) is 5.95 Å². The first-order valence-corrected chi connectivity index (χ1v) is 13.9. The van der Waals surface area contributed by atoms with Crippen molar-refractivity contribution in [1.82, 2.24) is 15.3 Å². The standard InChI is InChI=1S/C28H34N4O6S/c1-17-9-7-10-18(2)24(17)23-16-21(14-13-19(3)29-27(35)38-28(4,5)6)30-26(31-23)32-39(36,37)22-12-8-11-20(15-22)25(33)34/h7-12,15-16,19H,13-14H2,1-6H3,(H,29,35)(H,33,34)(H,30,31,32). The number of aromatic nitrogens is 2. The number of ether oxygens (including phenoxy) is 1. The second-order valence-electron chi connectivity index (χ2n) is 10.4. The highest BCUT2D eigenvalue weighted by molar-refractivity contribution is 7.92. The van der Waals surface area contributed by atoms with E-state index in [1.807, 2.05) is 39.0 Å². The van der Waals surface area contributed by atoms with Crippen LogP contribution < -0.4 is 10.0 Å². The lowest BCUT2D eigenvalue weighted by Crippen LogP contribution is -2.37. The molecule has 0 fully saturated rings. The Balaban J connectivity index is 1.93. The number of carboxylic acids is 1. The summed E-state index contributed by atoms with van der Waals surface area (Å²) in [5, 5.41) is 12.1. The number of aryl methyl sites for hydroxylation is 3. The van der Waals surface area contributed by atoms with Crippen LogP contribution in [0.2, 0.25) is 0 Å². The number of sulfonamides is 1. The van der Waals surface area contributed by atoms with Gasteiger partial charge in [0.05, 0.1) is 16.2 Å². The Morgan fingerprint density at radius 2 is 1.67 bits per heavy atom. The highest BCUT2D eigenvalue weighted by atomic mass is 32.2. The van der Waals surface area contributed by atoms with Gasteiger partial charge in [-0.1, -0.05) is 24.3 Å². The summed E-state index contributed by atoms with van der Waals surface area (Å²) >= 11 is 0. The smallest absolute Gasteiger partial charge is 0.407 e. The minimum absolute atomic E-state index is 0.140. The summed E-state index contributed by atoms with van der Waals surface area (Å²) in [6.07, 6.45) is 0.404. The second kappa shape index (κ2) is 11.8. The molecule has 0 aliphatic carbocycles. The number of alkyl carbamates (subject to hydrolysis) is 1. The van der Waals surface area contributed by atoms with Gasteiger partial charge in [-0.05, 0) is 89.8 Å². The van der Waals surface area contributed by atoms with Crippen LogP contribution in [0.5, 0.6) is 0 Å². The highest BCUT2D eigenvalue weighted by Gasteiger charge is 2.21. The lowest BCUT2D eigenvalue weighted by atomic mass is 9.99. The molecule has 208 valence electrons. The van der Waals surface area contributed by atoms with E-state index in [2.05, 4.69) is 20.0 Å². The largest absolute Gasteiger partial charge is 0.478 e. The summed E-state index contributed by atoms with van der Waals surface area (Å²) < 4.78 is 34.0. The van der Waals surface area contributed by atoms with E-state index in [0.29, 0.717) is 24.2 Å². The maximum absolute atomic E-state index is 13.1. The first-order chi connectivity index (χ1) is 18.1. The lowest BCUT2D eigenvalue weighted by Gasteiger charge is -2.22. The molecule has 1 amide bonds. The molecule has 1 aromatic heterocycles. The van der Waals surface area contributed by atoms with Gasteiger partial charge < -0.3 is 15.2 Å². The van der Waals surface area contributed by atoms with E-state index >= 15 is 0 Å². The summed E-state index contributed by atoms with van der Waals surface area (Å²) in [4.78, 5) is 32.2. The molecule has 1 atom stereocenters. The molecule has 0 bridgehead atoms. The molecule has 39 heavy (non-hydrogen) atoms. The molecule has 3 rings (SSSR count). The molecule has 0 saturated heterocycles. The van der Waals surface area contributed by atoms with Crippen LogP contribution in [0.4, 0.5) is 10.7 Å². The fourth-order valence-electron chi connectivity index (χ4n) is 3.94. The average molecular weight is 555 g/mol. The summed E-state index contributed by atoms with van der Waals surface area (Å²) in [6, 6.07) is 12.4. The molecule has 11 heteroatoms. The number of anilines is 1. The third kappa shape index (κ3) is 8.25. The van der Waals surface area contributed by atoms with Crippen molar-refractivity contribution in [2.75, 3.05) is 4.72 Å². The molecular formula is C28H34N4O6S. The van der Waals surface area contributed by atoms with Crippen molar-refractivity contribution in [2.45, 2.75) is 70.9 Å². The van der Waals surface area contributed by atoms with E-state index in [9.17, 15) is 23.1 Å². The van der Waals surface area contributed by atoms with Crippen molar-refractivity contribution in [3.63, 3.8) is 0 Å². The molecule has 0 aliphatic rings. The zero-order valence-electron chi connectivity index (χ0n) is 22.9. The summed E-state index contributed by atoms with van der Waals surface area (Å²) in [5.74, 6) is -1.38. The van der Waals surface area contributed by atoms with Crippen LogP contribution in [0.25, 0.3) is 11.3 Å². The maximum Gasteiger partial charge on any atom is 0.407 e. The predicted octanol–water partition coefficient (Wildman–Crippen LogP) is 5.11. The van der Waals surface area contributed by atoms with E-state index in [1.54, 1.807) is 26.8 Å².